The first kappa shape index (κ1) is 10.3. The molecule has 82 valence electrons. The van der Waals surface area contributed by atoms with Crippen molar-refractivity contribution in [3.05, 3.63) is 23.8 Å². The summed E-state index contributed by atoms with van der Waals surface area (Å²) in [6, 6.07) is 7.17. The van der Waals surface area contributed by atoms with Crippen LogP contribution in [-0.2, 0) is 0 Å². The van der Waals surface area contributed by atoms with Gasteiger partial charge < -0.3 is 10.2 Å². The molecule has 0 bridgehead atoms. The molecule has 1 unspecified atom stereocenters. The van der Waals surface area contributed by atoms with E-state index < -0.39 is 0 Å². The summed E-state index contributed by atoms with van der Waals surface area (Å²) in [4.78, 5) is 2.34. The quantitative estimate of drug-likeness (QED) is 0.756. The molecular weight excluding hydrogens is 184 g/mol. The highest BCUT2D eigenvalue weighted by atomic mass is 15.2. The number of hydrogen-bond donors (Lipinski definition) is 1. The maximum atomic E-state index is 3.63. The van der Waals surface area contributed by atoms with Crippen LogP contribution in [0, 0.1) is 12.8 Å². The Morgan fingerprint density at radius 1 is 1.40 bits per heavy atom. The fourth-order valence-electron chi connectivity index (χ4n) is 2.11. The molecule has 1 heterocycles. The predicted molar refractivity (Wildman–Crippen MR) is 66.7 cm³/mol. The minimum absolute atomic E-state index is 0.560. The van der Waals surface area contributed by atoms with Gasteiger partial charge in [-0.1, -0.05) is 19.9 Å². The van der Waals surface area contributed by atoms with Gasteiger partial charge >= 0.3 is 0 Å². The maximum Gasteiger partial charge on any atom is 0.0600 e. The third-order valence-corrected chi connectivity index (χ3v) is 3.18. The molecule has 0 amide bonds. The topological polar surface area (TPSA) is 15.3 Å². The number of hydrogen-bond acceptors (Lipinski definition) is 2. The van der Waals surface area contributed by atoms with Crippen molar-refractivity contribution in [1.29, 1.82) is 0 Å². The first-order chi connectivity index (χ1) is 7.08. The molecule has 1 aromatic rings. The van der Waals surface area contributed by atoms with Crippen LogP contribution in [0.15, 0.2) is 18.2 Å². The van der Waals surface area contributed by atoms with Gasteiger partial charge in [0, 0.05) is 19.6 Å². The lowest BCUT2D eigenvalue weighted by molar-refractivity contribution is 0.514. The Kier molecular flexibility index (Phi) is 2.59. The van der Waals surface area contributed by atoms with Crippen LogP contribution in [0.3, 0.4) is 0 Å². The number of nitrogens with zero attached hydrogens (tertiary/aromatic N) is 1. The number of likely N-dealkylation sites (N-methyl/N-ethyl adjacent to an activating group) is 1. The van der Waals surface area contributed by atoms with Crippen molar-refractivity contribution in [2.75, 3.05) is 23.8 Å². The highest BCUT2D eigenvalue weighted by molar-refractivity contribution is 5.73. The molecule has 2 nitrogen and oxygen atoms in total. The fourth-order valence-corrected chi connectivity index (χ4v) is 2.11. The highest BCUT2D eigenvalue weighted by Gasteiger charge is 2.23. The molecule has 1 N–H and O–H groups in total. The van der Waals surface area contributed by atoms with Gasteiger partial charge in [-0.25, -0.2) is 0 Å². The lowest BCUT2D eigenvalue weighted by Crippen LogP contribution is -2.42. The van der Waals surface area contributed by atoms with E-state index in [1.165, 1.54) is 16.9 Å². The first-order valence-corrected chi connectivity index (χ1v) is 5.66. The Balaban J connectivity index is 2.33. The van der Waals surface area contributed by atoms with Gasteiger partial charge in [-0.3, -0.25) is 0 Å². The molecule has 0 saturated heterocycles. The maximum absolute atomic E-state index is 3.63. The van der Waals surface area contributed by atoms with Crippen LogP contribution in [0.2, 0.25) is 0 Å². The molecule has 1 aliphatic heterocycles. The van der Waals surface area contributed by atoms with Crippen molar-refractivity contribution < 1.29 is 0 Å². The van der Waals surface area contributed by atoms with Crippen molar-refractivity contribution in [3.63, 3.8) is 0 Å². The zero-order chi connectivity index (χ0) is 11.0. The van der Waals surface area contributed by atoms with Gasteiger partial charge in [0.15, 0.2) is 0 Å². The highest BCUT2D eigenvalue weighted by Crippen LogP contribution is 2.32. The zero-order valence-corrected chi connectivity index (χ0v) is 10.0. The van der Waals surface area contributed by atoms with Crippen LogP contribution in [0.1, 0.15) is 19.4 Å². The summed E-state index contributed by atoms with van der Waals surface area (Å²) in [6.45, 7) is 7.77. The number of anilines is 2. The second-order valence-electron chi connectivity index (χ2n) is 4.90. The SMILES string of the molecule is Cc1ccc2c(c1)NC(C(C)C)CN2C. The van der Waals surface area contributed by atoms with Crippen LogP contribution in [0.4, 0.5) is 11.4 Å². The third kappa shape index (κ3) is 1.94. The van der Waals surface area contributed by atoms with Crippen LogP contribution >= 0.6 is 0 Å². The zero-order valence-electron chi connectivity index (χ0n) is 10.0. The summed E-state index contributed by atoms with van der Waals surface area (Å²) in [6.07, 6.45) is 0. The predicted octanol–water partition coefficient (Wildman–Crippen LogP) is 2.88. The van der Waals surface area contributed by atoms with E-state index in [1.54, 1.807) is 0 Å². The van der Waals surface area contributed by atoms with E-state index >= 15 is 0 Å². The van der Waals surface area contributed by atoms with Crippen molar-refractivity contribution in [2.45, 2.75) is 26.8 Å². The largest absolute Gasteiger partial charge is 0.379 e. The van der Waals surface area contributed by atoms with Crippen LogP contribution in [0.5, 0.6) is 0 Å². The standard InChI is InChI=1S/C13H20N2/c1-9(2)12-8-15(4)13-6-5-10(3)7-11(13)14-12/h5-7,9,12,14H,8H2,1-4H3. The minimum atomic E-state index is 0.560. The molecule has 0 radical (unpaired) electrons. The summed E-state index contributed by atoms with van der Waals surface area (Å²) in [5, 5.41) is 3.63. The van der Waals surface area contributed by atoms with E-state index in [9.17, 15) is 0 Å². The number of rotatable bonds is 1. The number of fused-ring (bicyclic) bond motifs is 1. The summed E-state index contributed by atoms with van der Waals surface area (Å²) < 4.78 is 0. The number of benzene rings is 1. The molecule has 0 aromatic heterocycles. The van der Waals surface area contributed by atoms with E-state index in [2.05, 4.69) is 56.2 Å². The molecule has 1 atom stereocenters. The van der Waals surface area contributed by atoms with Crippen molar-refractivity contribution >= 4 is 11.4 Å². The van der Waals surface area contributed by atoms with Gasteiger partial charge in [0.2, 0.25) is 0 Å². The van der Waals surface area contributed by atoms with Gasteiger partial charge in [0.1, 0.15) is 0 Å². The van der Waals surface area contributed by atoms with E-state index in [0.717, 1.165) is 6.54 Å². The monoisotopic (exact) mass is 204 g/mol. The minimum Gasteiger partial charge on any atom is -0.379 e. The summed E-state index contributed by atoms with van der Waals surface area (Å²) in [5.41, 5.74) is 3.92. The average Bonchev–Trinajstić information content (AvgIpc) is 2.16. The van der Waals surface area contributed by atoms with Crippen LogP contribution in [-0.4, -0.2) is 19.6 Å². The lowest BCUT2D eigenvalue weighted by atomic mass is 9.99. The van der Waals surface area contributed by atoms with E-state index in [4.69, 9.17) is 0 Å². The summed E-state index contributed by atoms with van der Waals surface area (Å²) in [7, 11) is 2.17. The van der Waals surface area contributed by atoms with E-state index in [-0.39, 0.29) is 0 Å². The molecule has 0 fully saturated rings. The molecule has 0 spiro atoms. The molecule has 1 aliphatic rings. The van der Waals surface area contributed by atoms with Crippen LogP contribution < -0.4 is 10.2 Å². The van der Waals surface area contributed by atoms with Gasteiger partial charge in [0.25, 0.3) is 0 Å². The second kappa shape index (κ2) is 3.76. The Morgan fingerprint density at radius 2 is 2.13 bits per heavy atom. The van der Waals surface area contributed by atoms with Crippen molar-refractivity contribution in [2.24, 2.45) is 5.92 Å². The molecule has 2 heteroatoms. The molecule has 1 aromatic carbocycles. The Hall–Kier alpha value is -1.18. The molecule has 0 aliphatic carbocycles. The second-order valence-corrected chi connectivity index (χ2v) is 4.90. The van der Waals surface area contributed by atoms with Gasteiger partial charge in [-0.2, -0.15) is 0 Å². The number of aryl methyl sites for hydroxylation is 1. The smallest absolute Gasteiger partial charge is 0.0600 e. The molecule has 2 rings (SSSR count). The van der Waals surface area contributed by atoms with E-state index in [1.807, 2.05) is 0 Å². The lowest BCUT2D eigenvalue weighted by Gasteiger charge is -2.37. The third-order valence-electron chi connectivity index (χ3n) is 3.18. The van der Waals surface area contributed by atoms with Gasteiger partial charge in [-0.05, 0) is 30.5 Å². The Labute approximate surface area is 92.3 Å². The first-order valence-electron chi connectivity index (χ1n) is 5.66. The number of nitrogens with one attached hydrogen (secondary N) is 1. The Bertz CT molecular complexity index is 358. The summed E-state index contributed by atoms with van der Waals surface area (Å²) in [5.74, 6) is 0.668. The fraction of sp³-hybridized carbons (Fsp3) is 0.538. The molecular formula is C13H20N2. The normalized spacial score (nSPS) is 20.1. The van der Waals surface area contributed by atoms with E-state index in [0.29, 0.717) is 12.0 Å². The van der Waals surface area contributed by atoms with Gasteiger partial charge in [-0.15, -0.1) is 0 Å². The molecule has 0 saturated carbocycles. The van der Waals surface area contributed by atoms with Gasteiger partial charge in [0.05, 0.1) is 11.4 Å². The Morgan fingerprint density at radius 3 is 2.80 bits per heavy atom. The molecule has 15 heavy (non-hydrogen) atoms. The van der Waals surface area contributed by atoms with Crippen molar-refractivity contribution in [1.82, 2.24) is 0 Å². The van der Waals surface area contributed by atoms with Crippen LogP contribution in [0.25, 0.3) is 0 Å². The summed E-state index contributed by atoms with van der Waals surface area (Å²) >= 11 is 0. The van der Waals surface area contributed by atoms with Crippen molar-refractivity contribution in [3.8, 4) is 0 Å². The average molecular weight is 204 g/mol.